The van der Waals surface area contributed by atoms with E-state index in [0.717, 1.165) is 36.5 Å². The largest absolute Gasteiger partial charge is 0.389 e. The fourth-order valence-electron chi connectivity index (χ4n) is 3.01. The topological polar surface area (TPSA) is 52.7 Å². The van der Waals surface area contributed by atoms with Crippen LogP contribution in [0.3, 0.4) is 0 Å². The second-order valence-corrected chi connectivity index (χ2v) is 9.06. The summed E-state index contributed by atoms with van der Waals surface area (Å²) in [7, 11) is 0. The number of halogens is 1. The van der Waals surface area contributed by atoms with E-state index >= 15 is 0 Å². The molecule has 0 bridgehead atoms. The molecule has 1 fully saturated rings. The molecule has 2 unspecified atom stereocenters. The normalized spacial score (nSPS) is 21.4. The Hall–Kier alpha value is 0.0200. The van der Waals surface area contributed by atoms with Crippen molar-refractivity contribution < 1.29 is 5.11 Å². The van der Waals surface area contributed by atoms with Crippen LogP contribution in [0.1, 0.15) is 31.7 Å². The Morgan fingerprint density at radius 3 is 2.38 bits per heavy atom. The van der Waals surface area contributed by atoms with Gasteiger partial charge in [0.2, 0.25) is 0 Å². The smallest absolute Gasteiger partial charge is 0.0718 e. The molecule has 3 N–H and O–H groups in total. The molecule has 0 saturated carbocycles. The number of aliphatic hydroxyl groups is 1. The van der Waals surface area contributed by atoms with Crippen molar-refractivity contribution in [3.8, 4) is 0 Å². The lowest BCUT2D eigenvalue weighted by Crippen LogP contribution is -2.53. The van der Waals surface area contributed by atoms with Gasteiger partial charge in [-0.05, 0) is 48.8 Å². The van der Waals surface area contributed by atoms with Gasteiger partial charge < -0.3 is 10.8 Å². The average molecular weight is 376 g/mol. The molecule has 0 aromatic carbocycles. The van der Waals surface area contributed by atoms with E-state index in [9.17, 15) is 5.11 Å². The molecule has 0 radical (unpaired) electrons. The number of piperazine rings is 1. The Labute approximate surface area is 140 Å². The molecule has 0 amide bonds. The molecular formula is C15H26BrN3OS. The second kappa shape index (κ2) is 7.06. The molecular weight excluding hydrogens is 350 g/mol. The van der Waals surface area contributed by atoms with Gasteiger partial charge in [0.25, 0.3) is 0 Å². The number of thiophene rings is 1. The maximum atomic E-state index is 9.94. The zero-order valence-electron chi connectivity index (χ0n) is 13.1. The Bertz CT molecular complexity index is 450. The fourth-order valence-corrected chi connectivity index (χ4v) is 4.68. The number of hydrogen-bond acceptors (Lipinski definition) is 5. The highest BCUT2D eigenvalue weighted by molar-refractivity contribution is 9.11. The summed E-state index contributed by atoms with van der Waals surface area (Å²) in [5.41, 5.74) is 5.62. The predicted molar refractivity (Wildman–Crippen MR) is 92.7 cm³/mol. The molecule has 1 aliphatic rings. The summed E-state index contributed by atoms with van der Waals surface area (Å²) < 4.78 is 1.16. The highest BCUT2D eigenvalue weighted by atomic mass is 79.9. The zero-order chi connectivity index (χ0) is 15.6. The second-order valence-electron chi connectivity index (χ2n) is 6.57. The van der Waals surface area contributed by atoms with Crippen molar-refractivity contribution in [2.45, 2.75) is 38.5 Å². The summed E-state index contributed by atoms with van der Waals surface area (Å²) in [5, 5.41) is 9.94. The first-order valence-electron chi connectivity index (χ1n) is 7.46. The van der Waals surface area contributed by atoms with Gasteiger partial charge in [-0.3, -0.25) is 9.80 Å². The first kappa shape index (κ1) is 17.4. The van der Waals surface area contributed by atoms with Gasteiger partial charge in [0.05, 0.1) is 15.4 Å². The fraction of sp³-hybridized carbons (Fsp3) is 0.733. The van der Waals surface area contributed by atoms with E-state index in [2.05, 4.69) is 44.8 Å². The predicted octanol–water partition coefficient (Wildman–Crippen LogP) is 2.29. The SMILES string of the molecule is CC(N)C(c1ccc(Br)s1)N1CCN(CC(C)(C)O)CC1. The number of nitrogens with zero attached hydrogens (tertiary/aromatic N) is 2. The van der Waals surface area contributed by atoms with E-state index < -0.39 is 5.60 Å². The standard InChI is InChI=1S/C15H26BrN3OS/c1-11(17)14(12-4-5-13(16)21-12)19-8-6-18(7-9-19)10-15(2,3)20/h4-5,11,14,20H,6-10,17H2,1-3H3. The van der Waals surface area contributed by atoms with E-state index in [1.54, 1.807) is 11.3 Å². The molecule has 2 heterocycles. The highest BCUT2D eigenvalue weighted by Crippen LogP contribution is 2.33. The molecule has 1 aromatic rings. The molecule has 0 spiro atoms. The number of nitrogens with two attached hydrogens (primary N) is 1. The molecule has 120 valence electrons. The van der Waals surface area contributed by atoms with E-state index in [0.29, 0.717) is 0 Å². The Kier molecular flexibility index (Phi) is 5.84. The lowest BCUT2D eigenvalue weighted by atomic mass is 10.0. The van der Waals surface area contributed by atoms with Crippen LogP contribution in [0.2, 0.25) is 0 Å². The van der Waals surface area contributed by atoms with Crippen LogP contribution >= 0.6 is 27.3 Å². The highest BCUT2D eigenvalue weighted by Gasteiger charge is 2.30. The van der Waals surface area contributed by atoms with Crippen LogP contribution in [-0.2, 0) is 0 Å². The molecule has 1 aromatic heterocycles. The number of β-amino-alcohol motifs (C(OH)–C–C–N with tert-alkyl or cyclic N) is 1. The Morgan fingerprint density at radius 2 is 1.95 bits per heavy atom. The quantitative estimate of drug-likeness (QED) is 0.828. The van der Waals surface area contributed by atoms with Crippen molar-refractivity contribution in [2.24, 2.45) is 5.73 Å². The lowest BCUT2D eigenvalue weighted by Gasteiger charge is -2.41. The third-order valence-corrected chi connectivity index (χ3v) is 5.49. The van der Waals surface area contributed by atoms with Crippen LogP contribution in [0, 0.1) is 0 Å². The summed E-state index contributed by atoms with van der Waals surface area (Å²) in [6, 6.07) is 4.66. The van der Waals surface area contributed by atoms with Gasteiger partial charge in [-0.25, -0.2) is 0 Å². The van der Waals surface area contributed by atoms with Crippen LogP contribution in [-0.4, -0.2) is 59.3 Å². The summed E-state index contributed by atoms with van der Waals surface area (Å²) >= 11 is 5.31. The first-order valence-corrected chi connectivity index (χ1v) is 9.07. The van der Waals surface area contributed by atoms with Crippen molar-refractivity contribution in [2.75, 3.05) is 32.7 Å². The van der Waals surface area contributed by atoms with Crippen LogP contribution in [0.4, 0.5) is 0 Å². The lowest BCUT2D eigenvalue weighted by molar-refractivity contribution is 0.00915. The molecule has 2 rings (SSSR count). The number of rotatable bonds is 5. The van der Waals surface area contributed by atoms with E-state index in [1.165, 1.54) is 4.88 Å². The molecule has 0 aliphatic carbocycles. The third-order valence-electron chi connectivity index (χ3n) is 3.79. The minimum absolute atomic E-state index is 0.108. The van der Waals surface area contributed by atoms with Crippen molar-refractivity contribution in [3.63, 3.8) is 0 Å². The van der Waals surface area contributed by atoms with Crippen LogP contribution in [0.25, 0.3) is 0 Å². The van der Waals surface area contributed by atoms with E-state index in [4.69, 9.17) is 5.73 Å². The maximum absolute atomic E-state index is 9.94. The van der Waals surface area contributed by atoms with Gasteiger partial charge >= 0.3 is 0 Å². The Morgan fingerprint density at radius 1 is 1.33 bits per heavy atom. The van der Waals surface area contributed by atoms with E-state index in [-0.39, 0.29) is 12.1 Å². The molecule has 1 aliphatic heterocycles. The zero-order valence-corrected chi connectivity index (χ0v) is 15.5. The summed E-state index contributed by atoms with van der Waals surface area (Å²) in [6.07, 6.45) is 0. The minimum atomic E-state index is -0.624. The van der Waals surface area contributed by atoms with Crippen LogP contribution in [0.5, 0.6) is 0 Å². The molecule has 21 heavy (non-hydrogen) atoms. The average Bonchev–Trinajstić information content (AvgIpc) is 2.76. The first-order chi connectivity index (χ1) is 9.76. The third kappa shape index (κ3) is 5.01. The van der Waals surface area contributed by atoms with Crippen molar-refractivity contribution in [3.05, 3.63) is 20.8 Å². The van der Waals surface area contributed by atoms with Crippen LogP contribution < -0.4 is 5.73 Å². The number of hydrogen-bond donors (Lipinski definition) is 2. The summed E-state index contributed by atoms with van der Waals surface area (Å²) in [4.78, 5) is 6.14. The van der Waals surface area contributed by atoms with Gasteiger partial charge in [-0.15, -0.1) is 11.3 Å². The summed E-state index contributed by atoms with van der Waals surface area (Å²) in [6.45, 7) is 10.5. The van der Waals surface area contributed by atoms with E-state index in [1.807, 2.05) is 13.8 Å². The van der Waals surface area contributed by atoms with Crippen LogP contribution in [0.15, 0.2) is 15.9 Å². The van der Waals surface area contributed by atoms with Gasteiger partial charge in [0, 0.05) is 43.6 Å². The monoisotopic (exact) mass is 375 g/mol. The molecule has 4 nitrogen and oxygen atoms in total. The summed E-state index contributed by atoms with van der Waals surface area (Å²) in [5.74, 6) is 0. The van der Waals surface area contributed by atoms with Crippen molar-refractivity contribution in [1.82, 2.24) is 9.80 Å². The maximum Gasteiger partial charge on any atom is 0.0718 e. The van der Waals surface area contributed by atoms with Gasteiger partial charge in [-0.1, -0.05) is 0 Å². The molecule has 6 heteroatoms. The minimum Gasteiger partial charge on any atom is -0.389 e. The van der Waals surface area contributed by atoms with Gasteiger partial charge in [0.15, 0.2) is 0 Å². The van der Waals surface area contributed by atoms with Crippen molar-refractivity contribution >= 4 is 27.3 Å². The van der Waals surface area contributed by atoms with Gasteiger partial charge in [-0.2, -0.15) is 0 Å². The van der Waals surface area contributed by atoms with Crippen molar-refractivity contribution in [1.29, 1.82) is 0 Å². The molecule has 2 atom stereocenters. The Balaban J connectivity index is 1.98. The van der Waals surface area contributed by atoms with Gasteiger partial charge in [0.1, 0.15) is 0 Å². The molecule has 1 saturated heterocycles.